The Hall–Kier alpha value is -3.43. The maximum Gasteiger partial charge on any atom is 0.279 e. The standard InChI is InChI=1S/C23H20ClFN6O2/c1-12-27-20-19(16-5-4-15(24)9-17(16)25)28-22(29-21(20)23(32)31(12)3)13-6-7-33-18(8-13)14-10-26-30(2)11-14/h4-5,8-11,18H,6-7H2,1-3H3. The number of fused-ring (bicyclic) bond motifs is 1. The van der Waals surface area contributed by atoms with Crippen LogP contribution in [0.2, 0.25) is 5.02 Å². The van der Waals surface area contributed by atoms with Crippen LogP contribution in [0, 0.1) is 12.7 Å². The van der Waals surface area contributed by atoms with E-state index in [9.17, 15) is 9.18 Å². The van der Waals surface area contributed by atoms with Crippen LogP contribution in [-0.2, 0) is 18.8 Å². The lowest BCUT2D eigenvalue weighted by Gasteiger charge is -2.21. The first-order valence-electron chi connectivity index (χ1n) is 10.3. The molecule has 8 nitrogen and oxygen atoms in total. The molecule has 1 aliphatic rings. The minimum atomic E-state index is -0.553. The van der Waals surface area contributed by atoms with Crippen molar-refractivity contribution >= 4 is 28.2 Å². The lowest BCUT2D eigenvalue weighted by Crippen LogP contribution is -2.23. The molecular formula is C23H20ClFN6O2. The van der Waals surface area contributed by atoms with Gasteiger partial charge in [-0.05, 0) is 43.2 Å². The second-order valence-corrected chi connectivity index (χ2v) is 8.36. The van der Waals surface area contributed by atoms with E-state index in [1.165, 1.54) is 16.7 Å². The Bertz CT molecular complexity index is 1490. The van der Waals surface area contributed by atoms with Crippen LogP contribution >= 0.6 is 11.6 Å². The maximum absolute atomic E-state index is 14.9. The van der Waals surface area contributed by atoms with Crippen molar-refractivity contribution < 1.29 is 9.13 Å². The van der Waals surface area contributed by atoms with Gasteiger partial charge in [-0.1, -0.05) is 11.6 Å². The van der Waals surface area contributed by atoms with Gasteiger partial charge < -0.3 is 4.74 Å². The van der Waals surface area contributed by atoms with Crippen molar-refractivity contribution in [2.45, 2.75) is 19.4 Å². The first-order chi connectivity index (χ1) is 15.8. The van der Waals surface area contributed by atoms with Crippen molar-refractivity contribution in [2.24, 2.45) is 14.1 Å². The largest absolute Gasteiger partial charge is 0.369 e. The second-order valence-electron chi connectivity index (χ2n) is 7.92. The molecule has 0 N–H and O–H groups in total. The fourth-order valence-electron chi connectivity index (χ4n) is 3.84. The normalized spacial score (nSPS) is 16.3. The van der Waals surface area contributed by atoms with Gasteiger partial charge in [-0.2, -0.15) is 5.10 Å². The molecular weight excluding hydrogens is 447 g/mol. The quantitative estimate of drug-likeness (QED) is 0.456. The van der Waals surface area contributed by atoms with Crippen molar-refractivity contribution in [2.75, 3.05) is 6.61 Å². The molecule has 5 rings (SSSR count). The highest BCUT2D eigenvalue weighted by molar-refractivity contribution is 6.30. The minimum absolute atomic E-state index is 0.128. The summed E-state index contributed by atoms with van der Waals surface area (Å²) in [5.41, 5.74) is 2.19. The Balaban J connectivity index is 1.75. The molecule has 10 heteroatoms. The van der Waals surface area contributed by atoms with Crippen molar-refractivity contribution in [1.82, 2.24) is 29.3 Å². The average molecular weight is 467 g/mol. The highest BCUT2D eigenvalue weighted by Crippen LogP contribution is 2.33. The third-order valence-electron chi connectivity index (χ3n) is 5.70. The number of nitrogens with zero attached hydrogens (tertiary/aromatic N) is 6. The van der Waals surface area contributed by atoms with Crippen molar-refractivity contribution in [1.29, 1.82) is 0 Å². The number of aryl methyl sites for hydroxylation is 2. The SMILES string of the molecule is Cc1nc2c(-c3ccc(Cl)cc3F)nc(C3=CC(c4cnn(C)c4)OCC3)nc2c(=O)n1C. The van der Waals surface area contributed by atoms with Crippen molar-refractivity contribution in [3.8, 4) is 11.3 Å². The monoisotopic (exact) mass is 466 g/mol. The van der Waals surface area contributed by atoms with Crippen molar-refractivity contribution in [3.05, 3.63) is 75.1 Å². The van der Waals surface area contributed by atoms with E-state index in [0.717, 1.165) is 11.1 Å². The van der Waals surface area contributed by atoms with Crippen LogP contribution in [0.3, 0.4) is 0 Å². The number of rotatable bonds is 3. The number of hydrogen-bond donors (Lipinski definition) is 0. The molecule has 1 unspecified atom stereocenters. The number of aromatic nitrogens is 6. The highest BCUT2D eigenvalue weighted by Gasteiger charge is 2.23. The van der Waals surface area contributed by atoms with Gasteiger partial charge in [0.15, 0.2) is 11.3 Å². The van der Waals surface area contributed by atoms with Crippen LogP contribution in [-0.4, -0.2) is 35.9 Å². The molecule has 0 amide bonds. The Kier molecular flexibility index (Phi) is 5.30. The van der Waals surface area contributed by atoms with E-state index in [1.807, 2.05) is 19.3 Å². The molecule has 0 radical (unpaired) electrons. The van der Waals surface area contributed by atoms with E-state index < -0.39 is 5.82 Å². The zero-order chi connectivity index (χ0) is 23.3. The van der Waals surface area contributed by atoms with Crippen LogP contribution in [0.1, 0.15) is 29.7 Å². The molecule has 0 spiro atoms. The number of halogens is 2. The van der Waals surface area contributed by atoms with Gasteiger partial charge in [0.1, 0.15) is 29.0 Å². The van der Waals surface area contributed by atoms with Crippen LogP contribution in [0.5, 0.6) is 0 Å². The Morgan fingerprint density at radius 1 is 1.18 bits per heavy atom. The molecule has 168 valence electrons. The fraction of sp³-hybridized carbons (Fsp3) is 0.261. The summed E-state index contributed by atoms with van der Waals surface area (Å²) in [6.45, 7) is 2.15. The number of ether oxygens (including phenoxy) is 1. The molecule has 0 saturated carbocycles. The molecule has 0 aliphatic carbocycles. The molecule has 1 atom stereocenters. The zero-order valence-electron chi connectivity index (χ0n) is 18.2. The molecule has 3 aromatic heterocycles. The van der Waals surface area contributed by atoms with E-state index in [1.54, 1.807) is 30.9 Å². The number of benzene rings is 1. The predicted molar refractivity (Wildman–Crippen MR) is 122 cm³/mol. The summed E-state index contributed by atoms with van der Waals surface area (Å²) in [4.78, 5) is 26.8. The van der Waals surface area contributed by atoms with Crippen LogP contribution in [0.15, 0.2) is 41.5 Å². The fourth-order valence-corrected chi connectivity index (χ4v) is 4.00. The summed E-state index contributed by atoms with van der Waals surface area (Å²) < 4.78 is 23.9. The third-order valence-corrected chi connectivity index (χ3v) is 5.93. The summed E-state index contributed by atoms with van der Waals surface area (Å²) in [5.74, 6) is 0.260. The van der Waals surface area contributed by atoms with Crippen LogP contribution < -0.4 is 5.56 Å². The van der Waals surface area contributed by atoms with Gasteiger partial charge in [0, 0.05) is 36.4 Å². The second kappa shape index (κ2) is 8.17. The molecule has 4 aromatic rings. The summed E-state index contributed by atoms with van der Waals surface area (Å²) in [5, 5.41) is 4.47. The summed E-state index contributed by atoms with van der Waals surface area (Å²) in [6.07, 6.45) is 5.75. The Morgan fingerprint density at radius 2 is 2.00 bits per heavy atom. The predicted octanol–water partition coefficient (Wildman–Crippen LogP) is 3.77. The molecule has 0 bridgehead atoms. The van der Waals surface area contributed by atoms with Gasteiger partial charge in [0.2, 0.25) is 0 Å². The molecule has 1 aromatic carbocycles. The van der Waals surface area contributed by atoms with Gasteiger partial charge in [0.25, 0.3) is 5.56 Å². The Labute approximate surface area is 193 Å². The first-order valence-corrected chi connectivity index (χ1v) is 10.7. The highest BCUT2D eigenvalue weighted by atomic mass is 35.5. The lowest BCUT2D eigenvalue weighted by molar-refractivity contribution is 0.0825. The van der Waals surface area contributed by atoms with Crippen LogP contribution in [0.25, 0.3) is 27.9 Å². The van der Waals surface area contributed by atoms with E-state index in [2.05, 4.69) is 20.1 Å². The zero-order valence-corrected chi connectivity index (χ0v) is 19.0. The lowest BCUT2D eigenvalue weighted by atomic mass is 10.0. The van der Waals surface area contributed by atoms with Gasteiger partial charge in [-0.3, -0.25) is 14.0 Å². The first kappa shape index (κ1) is 21.4. The maximum atomic E-state index is 14.9. The van der Waals surface area contributed by atoms with E-state index in [4.69, 9.17) is 16.3 Å². The Morgan fingerprint density at radius 3 is 2.73 bits per heavy atom. The minimum Gasteiger partial charge on any atom is -0.369 e. The average Bonchev–Trinajstić information content (AvgIpc) is 3.24. The molecule has 4 heterocycles. The van der Waals surface area contributed by atoms with Gasteiger partial charge in [0.05, 0.1) is 12.8 Å². The molecule has 0 fully saturated rings. The third kappa shape index (κ3) is 3.83. The topological polar surface area (TPSA) is 87.7 Å². The summed E-state index contributed by atoms with van der Waals surface area (Å²) >= 11 is 5.95. The smallest absolute Gasteiger partial charge is 0.279 e. The van der Waals surface area contributed by atoms with E-state index in [-0.39, 0.29) is 39.0 Å². The van der Waals surface area contributed by atoms with E-state index >= 15 is 0 Å². The van der Waals surface area contributed by atoms with Gasteiger partial charge in [-0.25, -0.2) is 19.3 Å². The molecule has 1 aliphatic heterocycles. The van der Waals surface area contributed by atoms with Crippen molar-refractivity contribution in [3.63, 3.8) is 0 Å². The number of hydrogen-bond acceptors (Lipinski definition) is 6. The molecule has 0 saturated heterocycles. The summed E-state index contributed by atoms with van der Waals surface area (Å²) in [7, 11) is 3.46. The van der Waals surface area contributed by atoms with Crippen LogP contribution in [0.4, 0.5) is 4.39 Å². The molecule has 33 heavy (non-hydrogen) atoms. The van der Waals surface area contributed by atoms with Gasteiger partial charge in [-0.15, -0.1) is 0 Å². The van der Waals surface area contributed by atoms with Gasteiger partial charge >= 0.3 is 0 Å². The summed E-state index contributed by atoms with van der Waals surface area (Å²) in [6, 6.07) is 4.33. The van der Waals surface area contributed by atoms with E-state index in [0.29, 0.717) is 24.7 Å².